The monoisotopic (exact) mass is 399 g/mol. The molecule has 7 heteroatoms. The summed E-state index contributed by atoms with van der Waals surface area (Å²) in [6.45, 7) is 4.13. The first-order valence-electron chi connectivity index (χ1n) is 9.06. The Morgan fingerprint density at radius 1 is 1.33 bits per heavy atom. The van der Waals surface area contributed by atoms with E-state index in [2.05, 4.69) is 28.5 Å². The van der Waals surface area contributed by atoms with Gasteiger partial charge in [-0.2, -0.15) is 0 Å². The molecule has 0 unspecified atom stereocenters. The van der Waals surface area contributed by atoms with Crippen LogP contribution in [0.25, 0.3) is 10.8 Å². The van der Waals surface area contributed by atoms with Crippen LogP contribution in [-0.2, 0) is 17.6 Å². The molecule has 0 aliphatic heterocycles. The van der Waals surface area contributed by atoms with Gasteiger partial charge in [0.05, 0.1) is 10.1 Å². The van der Waals surface area contributed by atoms with Gasteiger partial charge in [0.2, 0.25) is 5.91 Å². The standard InChI is InChI=1S/C20H21N3O2S2/c1-12-8-9-16-14(10-12)11-17(27-16)19-22-23-20(25-19)26-13(2)18(24)21-15-6-4-3-5-7-15/h3-7,11-13H,8-10H2,1-2H3,(H,21,24)/t12-,13+/m0/s1. The van der Waals surface area contributed by atoms with Gasteiger partial charge in [-0.05, 0) is 55.9 Å². The average Bonchev–Trinajstić information content (AvgIpc) is 3.28. The average molecular weight is 400 g/mol. The molecule has 1 N–H and O–H groups in total. The minimum Gasteiger partial charge on any atom is -0.410 e. The minimum atomic E-state index is -0.337. The molecule has 0 spiro atoms. The smallest absolute Gasteiger partial charge is 0.277 e. The Morgan fingerprint density at radius 3 is 2.96 bits per heavy atom. The number of aryl methyl sites for hydroxylation is 1. The Morgan fingerprint density at radius 2 is 2.15 bits per heavy atom. The lowest BCUT2D eigenvalue weighted by Gasteiger charge is -2.16. The fourth-order valence-corrected chi connectivity index (χ4v) is 4.95. The van der Waals surface area contributed by atoms with Crippen molar-refractivity contribution in [3.05, 3.63) is 46.8 Å². The van der Waals surface area contributed by atoms with Crippen LogP contribution in [0.2, 0.25) is 0 Å². The first-order valence-corrected chi connectivity index (χ1v) is 10.8. The van der Waals surface area contributed by atoms with E-state index in [0.29, 0.717) is 11.1 Å². The SMILES string of the molecule is C[C@H]1CCc2sc(-c3nnc(S[C@H](C)C(=O)Nc4ccccc4)o3)cc2C1. The van der Waals surface area contributed by atoms with Crippen molar-refractivity contribution in [3.63, 3.8) is 0 Å². The number of benzene rings is 1. The van der Waals surface area contributed by atoms with Crippen molar-refractivity contribution in [2.45, 2.75) is 43.6 Å². The molecule has 0 radical (unpaired) electrons. The van der Waals surface area contributed by atoms with Gasteiger partial charge in [-0.25, -0.2) is 0 Å². The lowest BCUT2D eigenvalue weighted by Crippen LogP contribution is -2.22. The first kappa shape index (κ1) is 18.3. The van der Waals surface area contributed by atoms with Crippen LogP contribution in [0.15, 0.2) is 46.0 Å². The molecule has 2 heterocycles. The highest BCUT2D eigenvalue weighted by molar-refractivity contribution is 8.00. The van der Waals surface area contributed by atoms with Crippen molar-refractivity contribution in [3.8, 4) is 10.8 Å². The van der Waals surface area contributed by atoms with Crippen LogP contribution in [0.3, 0.4) is 0 Å². The van der Waals surface area contributed by atoms with Gasteiger partial charge in [0.25, 0.3) is 11.1 Å². The number of aromatic nitrogens is 2. The number of carbonyl (C=O) groups excluding carboxylic acids is 1. The molecule has 0 saturated heterocycles. The number of thioether (sulfide) groups is 1. The molecule has 5 nitrogen and oxygen atoms in total. The number of thiophene rings is 1. The maximum atomic E-state index is 12.3. The number of hydrogen-bond donors (Lipinski definition) is 1. The normalized spacial score (nSPS) is 17.3. The summed E-state index contributed by atoms with van der Waals surface area (Å²) in [6, 6.07) is 11.6. The fourth-order valence-electron chi connectivity index (χ4n) is 3.14. The summed E-state index contributed by atoms with van der Waals surface area (Å²) in [5.74, 6) is 1.18. The number of amides is 1. The Kier molecular flexibility index (Phi) is 5.31. The molecule has 2 aromatic heterocycles. The van der Waals surface area contributed by atoms with Gasteiger partial charge in [0.1, 0.15) is 0 Å². The second-order valence-electron chi connectivity index (χ2n) is 6.90. The number of fused-ring (bicyclic) bond motifs is 1. The zero-order chi connectivity index (χ0) is 18.8. The van der Waals surface area contributed by atoms with Gasteiger partial charge in [0, 0.05) is 10.6 Å². The lowest BCUT2D eigenvalue weighted by atomic mass is 9.90. The quantitative estimate of drug-likeness (QED) is 0.609. The molecule has 0 bridgehead atoms. The Hall–Kier alpha value is -2.12. The fraction of sp³-hybridized carbons (Fsp3) is 0.350. The summed E-state index contributed by atoms with van der Waals surface area (Å²) in [7, 11) is 0. The van der Waals surface area contributed by atoms with E-state index in [1.807, 2.05) is 37.3 Å². The van der Waals surface area contributed by atoms with Crippen LogP contribution >= 0.6 is 23.1 Å². The highest BCUT2D eigenvalue weighted by Crippen LogP contribution is 2.37. The van der Waals surface area contributed by atoms with Gasteiger partial charge in [-0.3, -0.25) is 4.79 Å². The topological polar surface area (TPSA) is 68.0 Å². The van der Waals surface area contributed by atoms with Crippen molar-refractivity contribution in [1.29, 1.82) is 0 Å². The third kappa shape index (κ3) is 4.25. The van der Waals surface area contributed by atoms with Gasteiger partial charge in [0.15, 0.2) is 0 Å². The molecule has 2 atom stereocenters. The summed E-state index contributed by atoms with van der Waals surface area (Å²) in [5, 5.41) is 11.3. The maximum Gasteiger partial charge on any atom is 0.277 e. The molecule has 3 aromatic rings. The second kappa shape index (κ2) is 7.86. The Balaban J connectivity index is 1.41. The van der Waals surface area contributed by atoms with E-state index in [1.165, 1.54) is 28.6 Å². The summed E-state index contributed by atoms with van der Waals surface area (Å²) in [4.78, 5) is 14.8. The molecule has 140 valence electrons. The number of anilines is 1. The molecule has 1 aliphatic rings. The highest BCUT2D eigenvalue weighted by atomic mass is 32.2. The number of carbonyl (C=O) groups is 1. The summed E-state index contributed by atoms with van der Waals surface area (Å²) in [6.07, 6.45) is 3.50. The van der Waals surface area contributed by atoms with E-state index in [9.17, 15) is 4.79 Å². The molecule has 27 heavy (non-hydrogen) atoms. The van der Waals surface area contributed by atoms with E-state index in [0.717, 1.165) is 29.3 Å². The molecule has 1 amide bonds. The van der Waals surface area contributed by atoms with Crippen LogP contribution in [0, 0.1) is 5.92 Å². The molecule has 4 rings (SSSR count). The molecular weight excluding hydrogens is 378 g/mol. The number of nitrogens with zero attached hydrogens (tertiary/aromatic N) is 2. The molecular formula is C20H21N3O2S2. The highest BCUT2D eigenvalue weighted by Gasteiger charge is 2.22. The van der Waals surface area contributed by atoms with Crippen molar-refractivity contribution < 1.29 is 9.21 Å². The Labute approximate surface area is 166 Å². The van der Waals surface area contributed by atoms with Gasteiger partial charge >= 0.3 is 0 Å². The maximum absolute atomic E-state index is 12.3. The van der Waals surface area contributed by atoms with Crippen molar-refractivity contribution in [1.82, 2.24) is 10.2 Å². The minimum absolute atomic E-state index is 0.0912. The first-order chi connectivity index (χ1) is 13.1. The summed E-state index contributed by atoms with van der Waals surface area (Å²) >= 11 is 3.02. The zero-order valence-electron chi connectivity index (χ0n) is 15.3. The van der Waals surface area contributed by atoms with Crippen LogP contribution in [0.4, 0.5) is 5.69 Å². The number of nitrogens with one attached hydrogen (secondary N) is 1. The largest absolute Gasteiger partial charge is 0.410 e. The van der Waals surface area contributed by atoms with E-state index < -0.39 is 0 Å². The third-order valence-electron chi connectivity index (χ3n) is 4.63. The number of hydrogen-bond acceptors (Lipinski definition) is 6. The van der Waals surface area contributed by atoms with Crippen molar-refractivity contribution in [2.75, 3.05) is 5.32 Å². The van der Waals surface area contributed by atoms with Crippen LogP contribution in [-0.4, -0.2) is 21.4 Å². The third-order valence-corrected chi connectivity index (χ3v) is 6.79. The summed E-state index contributed by atoms with van der Waals surface area (Å²) < 4.78 is 5.82. The van der Waals surface area contributed by atoms with E-state index in [-0.39, 0.29) is 11.2 Å². The predicted molar refractivity (Wildman–Crippen MR) is 109 cm³/mol. The molecule has 0 saturated carbocycles. The van der Waals surface area contributed by atoms with E-state index in [4.69, 9.17) is 4.42 Å². The lowest BCUT2D eigenvalue weighted by molar-refractivity contribution is -0.115. The van der Waals surface area contributed by atoms with Gasteiger partial charge in [-0.1, -0.05) is 36.9 Å². The summed E-state index contributed by atoms with van der Waals surface area (Å²) in [5.41, 5.74) is 2.19. The van der Waals surface area contributed by atoms with Gasteiger partial charge < -0.3 is 9.73 Å². The van der Waals surface area contributed by atoms with E-state index in [1.54, 1.807) is 11.3 Å². The second-order valence-corrected chi connectivity index (χ2v) is 9.32. The molecule has 0 fully saturated rings. The van der Waals surface area contributed by atoms with Crippen LogP contribution in [0.1, 0.15) is 30.7 Å². The number of para-hydroxylation sites is 1. The molecule has 1 aromatic carbocycles. The van der Waals surface area contributed by atoms with Crippen LogP contribution < -0.4 is 5.32 Å². The van der Waals surface area contributed by atoms with Crippen molar-refractivity contribution in [2.24, 2.45) is 5.92 Å². The van der Waals surface area contributed by atoms with E-state index >= 15 is 0 Å². The predicted octanol–water partition coefficient (Wildman–Crippen LogP) is 5.04. The zero-order valence-corrected chi connectivity index (χ0v) is 16.9. The molecule has 1 aliphatic carbocycles. The van der Waals surface area contributed by atoms with Gasteiger partial charge in [-0.15, -0.1) is 21.5 Å². The van der Waals surface area contributed by atoms with Crippen LogP contribution in [0.5, 0.6) is 0 Å². The number of rotatable bonds is 5. The van der Waals surface area contributed by atoms with Crippen molar-refractivity contribution >= 4 is 34.7 Å². The Bertz CT molecular complexity index is 936.